The van der Waals surface area contributed by atoms with E-state index in [1.807, 2.05) is 60.7 Å². The molecule has 1 N–H and O–H groups in total. The molecular weight excluding hydrogens is 442 g/mol. The number of carbonyl (C=O) groups excluding carboxylic acids is 2. The van der Waals surface area contributed by atoms with Gasteiger partial charge in [0.1, 0.15) is 18.1 Å². The van der Waals surface area contributed by atoms with Crippen LogP contribution in [0.25, 0.3) is 17.4 Å². The quantitative estimate of drug-likeness (QED) is 0.229. The average molecular weight is 468 g/mol. The van der Waals surface area contributed by atoms with Crippen molar-refractivity contribution in [1.29, 1.82) is 0 Å². The van der Waals surface area contributed by atoms with Crippen LogP contribution in [0.2, 0.25) is 0 Å². The highest BCUT2D eigenvalue weighted by Gasteiger charge is 2.13. The zero-order valence-electron chi connectivity index (χ0n) is 19.3. The van der Waals surface area contributed by atoms with Crippen LogP contribution in [0.5, 0.6) is 5.75 Å². The number of carbonyl (C=O) groups is 2. The maximum atomic E-state index is 12.7. The van der Waals surface area contributed by atoms with E-state index in [1.54, 1.807) is 43.3 Å². The summed E-state index contributed by atoms with van der Waals surface area (Å²) in [6.45, 7) is 2.53. The van der Waals surface area contributed by atoms with Gasteiger partial charge in [0.05, 0.1) is 6.61 Å². The van der Waals surface area contributed by atoms with Gasteiger partial charge in [-0.1, -0.05) is 54.6 Å². The van der Waals surface area contributed by atoms with Gasteiger partial charge in [-0.3, -0.25) is 4.79 Å². The van der Waals surface area contributed by atoms with E-state index in [2.05, 4.69) is 5.32 Å². The Labute approximate surface area is 203 Å². The summed E-state index contributed by atoms with van der Waals surface area (Å²) in [5, 5.41) is 2.82. The topological polar surface area (TPSA) is 77.8 Å². The molecule has 0 radical (unpaired) electrons. The molecule has 4 aromatic rings. The van der Waals surface area contributed by atoms with Crippen LogP contribution in [0.1, 0.15) is 28.6 Å². The number of ether oxygens (including phenoxy) is 2. The lowest BCUT2D eigenvalue weighted by molar-refractivity contribution is -0.137. The molecule has 0 bridgehead atoms. The first-order chi connectivity index (χ1) is 17.1. The number of furan rings is 1. The lowest BCUT2D eigenvalue weighted by atomic mass is 10.1. The minimum absolute atomic E-state index is 0.183. The summed E-state index contributed by atoms with van der Waals surface area (Å²) in [6.07, 6.45) is 2.98. The van der Waals surface area contributed by atoms with Gasteiger partial charge in [0.25, 0.3) is 5.91 Å². The number of rotatable bonds is 9. The zero-order valence-corrected chi connectivity index (χ0v) is 19.3. The van der Waals surface area contributed by atoms with Crippen molar-refractivity contribution in [2.45, 2.75) is 13.5 Å². The van der Waals surface area contributed by atoms with Crippen LogP contribution in [-0.4, -0.2) is 18.5 Å². The molecule has 0 saturated heterocycles. The molecule has 0 spiro atoms. The number of amides is 1. The van der Waals surface area contributed by atoms with Crippen molar-refractivity contribution in [2.24, 2.45) is 0 Å². The van der Waals surface area contributed by atoms with Crippen molar-refractivity contribution < 1.29 is 23.5 Å². The zero-order chi connectivity index (χ0) is 24.5. The van der Waals surface area contributed by atoms with Crippen LogP contribution < -0.4 is 10.1 Å². The fourth-order valence-corrected chi connectivity index (χ4v) is 3.36. The van der Waals surface area contributed by atoms with Gasteiger partial charge in [-0.25, -0.2) is 4.79 Å². The maximum absolute atomic E-state index is 12.7. The predicted molar refractivity (Wildman–Crippen MR) is 135 cm³/mol. The van der Waals surface area contributed by atoms with Crippen molar-refractivity contribution in [3.8, 4) is 17.1 Å². The van der Waals surface area contributed by atoms with Gasteiger partial charge in [-0.15, -0.1) is 0 Å². The minimum atomic E-state index is -0.417. The summed E-state index contributed by atoms with van der Waals surface area (Å²) in [7, 11) is 0. The first kappa shape index (κ1) is 23.6. The third kappa shape index (κ3) is 6.71. The van der Waals surface area contributed by atoms with Crippen molar-refractivity contribution in [2.75, 3.05) is 11.9 Å². The molecule has 0 fully saturated rings. The van der Waals surface area contributed by atoms with Gasteiger partial charge in [-0.05, 0) is 60.5 Å². The Morgan fingerprint density at radius 2 is 1.74 bits per heavy atom. The van der Waals surface area contributed by atoms with E-state index in [0.29, 0.717) is 30.4 Å². The van der Waals surface area contributed by atoms with E-state index in [4.69, 9.17) is 13.9 Å². The summed E-state index contributed by atoms with van der Waals surface area (Å²) in [6, 6.07) is 28.0. The lowest BCUT2D eigenvalue weighted by Crippen LogP contribution is -2.10. The van der Waals surface area contributed by atoms with Gasteiger partial charge < -0.3 is 19.2 Å². The molecule has 0 aliphatic rings. The molecule has 0 aliphatic carbocycles. The molecule has 1 amide bonds. The monoisotopic (exact) mass is 467 g/mol. The Kier molecular flexibility index (Phi) is 7.76. The van der Waals surface area contributed by atoms with Crippen molar-refractivity contribution in [1.82, 2.24) is 0 Å². The molecule has 4 rings (SSSR count). The number of esters is 1. The smallest absolute Gasteiger partial charge is 0.330 e. The highest BCUT2D eigenvalue weighted by molar-refractivity contribution is 6.02. The largest absolute Gasteiger partial charge is 0.489 e. The Morgan fingerprint density at radius 1 is 0.914 bits per heavy atom. The SMILES string of the molecule is CCOC(=O)/C=C/c1cccc(NC(=O)c2ccc(-c3cccc(OCc4ccccc4)c3)o2)c1. The first-order valence-corrected chi connectivity index (χ1v) is 11.2. The molecule has 0 aliphatic heterocycles. The van der Waals surface area contributed by atoms with Crippen LogP contribution >= 0.6 is 0 Å². The second-order valence-electron chi connectivity index (χ2n) is 7.63. The Bertz CT molecular complexity index is 1320. The van der Waals surface area contributed by atoms with E-state index in [0.717, 1.165) is 16.7 Å². The summed E-state index contributed by atoms with van der Waals surface area (Å²) >= 11 is 0. The average Bonchev–Trinajstić information content (AvgIpc) is 3.38. The summed E-state index contributed by atoms with van der Waals surface area (Å²) in [5.41, 5.74) is 3.22. The molecule has 1 heterocycles. The van der Waals surface area contributed by atoms with Crippen LogP contribution in [0.4, 0.5) is 5.69 Å². The molecule has 3 aromatic carbocycles. The number of hydrogen-bond donors (Lipinski definition) is 1. The van der Waals surface area contributed by atoms with Crippen LogP contribution in [0.15, 0.2) is 101 Å². The van der Waals surface area contributed by atoms with Crippen molar-refractivity contribution in [3.05, 3.63) is 114 Å². The van der Waals surface area contributed by atoms with E-state index >= 15 is 0 Å². The van der Waals surface area contributed by atoms with E-state index in [9.17, 15) is 9.59 Å². The Morgan fingerprint density at radius 3 is 2.57 bits per heavy atom. The van der Waals surface area contributed by atoms with Gasteiger partial charge in [0, 0.05) is 17.3 Å². The third-order valence-corrected chi connectivity index (χ3v) is 5.04. The maximum Gasteiger partial charge on any atom is 0.330 e. The summed E-state index contributed by atoms with van der Waals surface area (Å²) < 4.78 is 16.6. The molecule has 0 atom stereocenters. The molecule has 0 saturated carbocycles. The number of benzene rings is 3. The number of hydrogen-bond acceptors (Lipinski definition) is 5. The standard InChI is InChI=1S/C29H25NO5/c1-2-33-28(31)17-14-21-10-6-12-24(18-21)30-29(32)27-16-15-26(35-27)23-11-7-13-25(19-23)34-20-22-8-4-3-5-9-22/h3-19H,2,20H2,1H3,(H,30,32)/b17-14+. The minimum Gasteiger partial charge on any atom is -0.489 e. The number of anilines is 1. The van der Waals surface area contributed by atoms with Gasteiger partial charge >= 0.3 is 5.97 Å². The van der Waals surface area contributed by atoms with Crippen LogP contribution in [0.3, 0.4) is 0 Å². The van der Waals surface area contributed by atoms with Gasteiger partial charge in [0.2, 0.25) is 0 Å². The fourth-order valence-electron chi connectivity index (χ4n) is 3.36. The molecule has 6 nitrogen and oxygen atoms in total. The third-order valence-electron chi connectivity index (χ3n) is 5.04. The Balaban J connectivity index is 1.40. The highest BCUT2D eigenvalue weighted by atomic mass is 16.5. The Hall–Kier alpha value is -4.58. The predicted octanol–water partition coefficient (Wildman–Crippen LogP) is 6.35. The van der Waals surface area contributed by atoms with Crippen molar-refractivity contribution >= 4 is 23.6 Å². The molecule has 176 valence electrons. The van der Waals surface area contributed by atoms with E-state index in [1.165, 1.54) is 6.08 Å². The van der Waals surface area contributed by atoms with Gasteiger partial charge in [0.15, 0.2) is 5.76 Å². The first-order valence-electron chi connectivity index (χ1n) is 11.2. The fraction of sp³-hybridized carbons (Fsp3) is 0.103. The van der Waals surface area contributed by atoms with Crippen LogP contribution in [-0.2, 0) is 16.1 Å². The lowest BCUT2D eigenvalue weighted by Gasteiger charge is -2.07. The molecule has 1 aromatic heterocycles. The van der Waals surface area contributed by atoms with Crippen molar-refractivity contribution in [3.63, 3.8) is 0 Å². The van der Waals surface area contributed by atoms with Crippen LogP contribution in [0, 0.1) is 0 Å². The highest BCUT2D eigenvalue weighted by Crippen LogP contribution is 2.27. The molecule has 0 unspecified atom stereocenters. The number of nitrogens with one attached hydrogen (secondary N) is 1. The molecular formula is C29H25NO5. The molecule has 6 heteroatoms. The van der Waals surface area contributed by atoms with E-state index in [-0.39, 0.29) is 11.7 Å². The second kappa shape index (κ2) is 11.5. The normalized spacial score (nSPS) is 10.8. The van der Waals surface area contributed by atoms with Gasteiger partial charge in [-0.2, -0.15) is 0 Å². The van der Waals surface area contributed by atoms with E-state index < -0.39 is 5.97 Å². The summed E-state index contributed by atoms with van der Waals surface area (Å²) in [5.74, 6) is 0.662. The molecule has 35 heavy (non-hydrogen) atoms. The second-order valence-corrected chi connectivity index (χ2v) is 7.63. The summed E-state index contributed by atoms with van der Waals surface area (Å²) in [4.78, 5) is 24.2.